The number of nitrogens with one attached hydrogen (secondary N) is 1. The Bertz CT molecular complexity index is 1390. The smallest absolute Gasteiger partial charge is 0.263 e. The molecule has 0 saturated carbocycles. The summed E-state index contributed by atoms with van der Waals surface area (Å²) in [5.41, 5.74) is -0.143. The molecular weight excluding hydrogens is 484 g/mol. The first-order valence-corrected chi connectivity index (χ1v) is 12.6. The number of hydrogen-bond donors (Lipinski definition) is 1. The Balaban J connectivity index is 1.64. The minimum Gasteiger partial charge on any atom is -0.493 e. The molecule has 3 heterocycles. The van der Waals surface area contributed by atoms with Crippen molar-refractivity contribution in [3.05, 3.63) is 39.8 Å². The van der Waals surface area contributed by atoms with E-state index in [-0.39, 0.29) is 29.9 Å². The van der Waals surface area contributed by atoms with Gasteiger partial charge in [0.25, 0.3) is 5.56 Å². The van der Waals surface area contributed by atoms with Crippen molar-refractivity contribution in [1.29, 1.82) is 0 Å². The normalized spacial score (nSPS) is 14.8. The second kappa shape index (κ2) is 9.70. The van der Waals surface area contributed by atoms with Crippen molar-refractivity contribution in [3.63, 3.8) is 0 Å². The maximum atomic E-state index is 13.3. The molecule has 1 aliphatic rings. The summed E-state index contributed by atoms with van der Waals surface area (Å²) in [6.45, 7) is 2.30. The maximum Gasteiger partial charge on any atom is 0.263 e. The minimum absolute atomic E-state index is 0.00425. The molecule has 1 aliphatic heterocycles. The molecule has 11 nitrogen and oxygen atoms in total. The summed E-state index contributed by atoms with van der Waals surface area (Å²) in [7, 11) is -0.936. The molecule has 2 aromatic heterocycles. The number of aromatic nitrogens is 2. The first-order valence-electron chi connectivity index (χ1n) is 10.3. The van der Waals surface area contributed by atoms with Crippen molar-refractivity contribution in [2.24, 2.45) is 0 Å². The van der Waals surface area contributed by atoms with Crippen LogP contribution in [0.3, 0.4) is 0 Å². The highest BCUT2D eigenvalue weighted by Gasteiger charge is 2.32. The monoisotopic (exact) mass is 508 g/mol. The van der Waals surface area contributed by atoms with E-state index in [0.717, 1.165) is 15.9 Å². The molecule has 1 aromatic carbocycles. The number of amides is 1. The first kappa shape index (κ1) is 24.1. The molecule has 4 rings (SSSR count). The summed E-state index contributed by atoms with van der Waals surface area (Å²) >= 11 is 1.13. The van der Waals surface area contributed by atoms with Crippen molar-refractivity contribution in [1.82, 2.24) is 13.9 Å². The molecule has 34 heavy (non-hydrogen) atoms. The summed E-state index contributed by atoms with van der Waals surface area (Å²) < 4.78 is 44.7. The lowest BCUT2D eigenvalue weighted by Gasteiger charge is -2.26. The fraction of sp³-hybridized carbons (Fsp3) is 0.381. The summed E-state index contributed by atoms with van der Waals surface area (Å²) in [5, 5.41) is 2.69. The van der Waals surface area contributed by atoms with Gasteiger partial charge in [0.2, 0.25) is 15.9 Å². The number of aryl methyl sites for hydroxylation is 1. The number of methoxy groups -OCH3 is 2. The van der Waals surface area contributed by atoms with Crippen LogP contribution in [0.1, 0.15) is 4.88 Å². The lowest BCUT2D eigenvalue weighted by atomic mass is 10.2. The van der Waals surface area contributed by atoms with Gasteiger partial charge < -0.3 is 19.5 Å². The number of carbonyl (C=O) groups excluding carboxylic acids is 1. The van der Waals surface area contributed by atoms with Gasteiger partial charge in [0.15, 0.2) is 11.5 Å². The fourth-order valence-electron chi connectivity index (χ4n) is 3.72. The average Bonchev–Trinajstić information content (AvgIpc) is 3.18. The highest BCUT2D eigenvalue weighted by molar-refractivity contribution is 7.89. The second-order valence-electron chi connectivity index (χ2n) is 7.48. The van der Waals surface area contributed by atoms with Gasteiger partial charge in [-0.2, -0.15) is 4.31 Å². The van der Waals surface area contributed by atoms with E-state index in [2.05, 4.69) is 10.3 Å². The predicted octanol–water partition coefficient (Wildman–Crippen LogP) is 1.44. The lowest BCUT2D eigenvalue weighted by molar-refractivity contribution is -0.116. The Hall–Kier alpha value is -3.00. The van der Waals surface area contributed by atoms with Crippen LogP contribution in [0.4, 0.5) is 5.69 Å². The molecule has 0 atom stereocenters. The first-order chi connectivity index (χ1) is 16.3. The lowest BCUT2D eigenvalue weighted by Crippen LogP contribution is -2.41. The van der Waals surface area contributed by atoms with Crippen LogP contribution >= 0.6 is 11.3 Å². The van der Waals surface area contributed by atoms with E-state index in [1.165, 1.54) is 24.9 Å². The van der Waals surface area contributed by atoms with Crippen molar-refractivity contribution in [2.45, 2.75) is 18.4 Å². The molecule has 1 fully saturated rings. The van der Waals surface area contributed by atoms with E-state index >= 15 is 0 Å². The van der Waals surface area contributed by atoms with Crippen molar-refractivity contribution in [3.8, 4) is 11.5 Å². The Morgan fingerprint density at radius 1 is 1.21 bits per heavy atom. The largest absolute Gasteiger partial charge is 0.493 e. The number of sulfonamides is 1. The highest BCUT2D eigenvalue weighted by atomic mass is 32.2. The molecule has 1 amide bonds. The Kier molecular flexibility index (Phi) is 6.89. The van der Waals surface area contributed by atoms with Gasteiger partial charge in [-0.15, -0.1) is 11.3 Å². The number of ether oxygens (including phenoxy) is 3. The number of hydrogen-bond acceptors (Lipinski definition) is 9. The summed E-state index contributed by atoms with van der Waals surface area (Å²) in [5.74, 6) is 0.459. The third kappa shape index (κ3) is 4.51. The van der Waals surface area contributed by atoms with Gasteiger partial charge in [0.1, 0.15) is 16.3 Å². The predicted molar refractivity (Wildman–Crippen MR) is 126 cm³/mol. The van der Waals surface area contributed by atoms with Crippen LogP contribution in [0.2, 0.25) is 0 Å². The van der Waals surface area contributed by atoms with E-state index < -0.39 is 21.5 Å². The van der Waals surface area contributed by atoms with E-state index in [1.54, 1.807) is 25.1 Å². The minimum atomic E-state index is -3.92. The summed E-state index contributed by atoms with van der Waals surface area (Å²) in [6.07, 6.45) is 1.25. The third-order valence-electron chi connectivity index (χ3n) is 5.35. The number of nitrogens with zero attached hydrogens (tertiary/aromatic N) is 3. The van der Waals surface area contributed by atoms with Crippen molar-refractivity contribution < 1.29 is 27.4 Å². The van der Waals surface area contributed by atoms with Crippen LogP contribution in [0.5, 0.6) is 11.5 Å². The molecule has 0 unspecified atom stereocenters. The van der Waals surface area contributed by atoms with Crippen LogP contribution in [0.25, 0.3) is 10.2 Å². The highest BCUT2D eigenvalue weighted by Crippen LogP contribution is 2.33. The molecule has 3 aromatic rings. The molecule has 1 N–H and O–H groups in total. The van der Waals surface area contributed by atoms with E-state index in [0.29, 0.717) is 40.1 Å². The van der Waals surface area contributed by atoms with Gasteiger partial charge >= 0.3 is 0 Å². The molecule has 0 aliphatic carbocycles. The number of benzene rings is 1. The third-order valence-corrected chi connectivity index (χ3v) is 8.56. The molecule has 1 saturated heterocycles. The van der Waals surface area contributed by atoms with Gasteiger partial charge in [-0.05, 0) is 19.1 Å². The van der Waals surface area contributed by atoms with E-state index in [1.807, 2.05) is 0 Å². The molecule has 0 spiro atoms. The van der Waals surface area contributed by atoms with Crippen LogP contribution in [0.15, 0.2) is 34.2 Å². The number of thiophene rings is 1. The van der Waals surface area contributed by atoms with Crippen LogP contribution in [-0.2, 0) is 26.1 Å². The van der Waals surface area contributed by atoms with Gasteiger partial charge in [0.05, 0.1) is 39.1 Å². The number of fused-ring (bicyclic) bond motifs is 1. The molecular formula is C21H24N4O7S2. The quantitative estimate of drug-likeness (QED) is 0.508. The molecule has 0 radical (unpaired) electrons. The topological polar surface area (TPSA) is 129 Å². The maximum absolute atomic E-state index is 13.3. The number of rotatable bonds is 7. The standard InChI is InChI=1S/C21H24N4O7S2/c1-13-19(34(28,29)25-6-8-32-9-7-25)18-20(33-13)22-12-24(21(18)27)11-17(26)23-14-4-5-15(30-2)16(10-14)31-3/h4-5,10,12H,6-9,11H2,1-3H3,(H,23,26). The Morgan fingerprint density at radius 3 is 2.59 bits per heavy atom. The Labute approximate surface area is 199 Å². The van der Waals surface area contributed by atoms with E-state index in [4.69, 9.17) is 14.2 Å². The van der Waals surface area contributed by atoms with Crippen molar-refractivity contribution >= 4 is 43.2 Å². The van der Waals surface area contributed by atoms with Crippen LogP contribution in [-0.4, -0.2) is 68.7 Å². The SMILES string of the molecule is COc1ccc(NC(=O)Cn2cnc3sc(C)c(S(=O)(=O)N4CCOCC4)c3c2=O)cc1OC. The summed E-state index contributed by atoms with van der Waals surface area (Å²) in [6, 6.07) is 4.88. The van der Waals surface area contributed by atoms with Crippen LogP contribution in [0, 0.1) is 6.92 Å². The second-order valence-corrected chi connectivity index (χ2v) is 10.6. The van der Waals surface area contributed by atoms with Gasteiger partial charge in [-0.1, -0.05) is 0 Å². The number of carbonyl (C=O) groups is 1. The number of anilines is 1. The molecule has 182 valence electrons. The zero-order valence-corrected chi connectivity index (χ0v) is 20.5. The van der Waals surface area contributed by atoms with Gasteiger partial charge in [0, 0.05) is 29.7 Å². The molecule has 13 heteroatoms. The average molecular weight is 509 g/mol. The van der Waals surface area contributed by atoms with Gasteiger partial charge in [-0.3, -0.25) is 14.2 Å². The zero-order chi connectivity index (χ0) is 24.5. The Morgan fingerprint density at radius 2 is 1.91 bits per heavy atom. The molecule has 0 bridgehead atoms. The number of morpholine rings is 1. The zero-order valence-electron chi connectivity index (χ0n) is 18.9. The van der Waals surface area contributed by atoms with Crippen molar-refractivity contribution in [2.75, 3.05) is 45.8 Å². The van der Waals surface area contributed by atoms with Gasteiger partial charge in [-0.25, -0.2) is 13.4 Å². The van der Waals surface area contributed by atoms with E-state index in [9.17, 15) is 18.0 Å². The van der Waals surface area contributed by atoms with Crippen LogP contribution < -0.4 is 20.3 Å². The summed E-state index contributed by atoms with van der Waals surface area (Å²) in [4.78, 5) is 30.9. The fourth-order valence-corrected chi connectivity index (χ4v) is 6.80.